The summed E-state index contributed by atoms with van der Waals surface area (Å²) in [6, 6.07) is 3.91. The van der Waals surface area contributed by atoms with Crippen LogP contribution in [0.2, 0.25) is 18.1 Å². The summed E-state index contributed by atoms with van der Waals surface area (Å²) >= 11 is 0. The Balaban J connectivity index is 2.26. The molecule has 2 atom stereocenters. The van der Waals surface area contributed by atoms with Crippen LogP contribution < -0.4 is 9.47 Å². The predicted molar refractivity (Wildman–Crippen MR) is 119 cm³/mol. The van der Waals surface area contributed by atoms with Gasteiger partial charge in [0, 0.05) is 18.1 Å². The zero-order valence-corrected chi connectivity index (χ0v) is 20.2. The normalized spacial score (nSPS) is 17.8. The van der Waals surface area contributed by atoms with E-state index in [1.807, 2.05) is 12.1 Å². The first kappa shape index (κ1) is 24.4. The highest BCUT2D eigenvalue weighted by Gasteiger charge is 2.40. The van der Waals surface area contributed by atoms with Crippen molar-refractivity contribution < 1.29 is 23.6 Å². The van der Waals surface area contributed by atoms with Crippen LogP contribution in [-0.4, -0.2) is 33.6 Å². The van der Waals surface area contributed by atoms with Crippen LogP contribution in [0.3, 0.4) is 0 Å². The lowest BCUT2D eigenvalue weighted by Gasteiger charge is -2.40. The van der Waals surface area contributed by atoms with E-state index >= 15 is 0 Å². The lowest BCUT2D eigenvalue weighted by molar-refractivity contribution is -0.402. The molecule has 0 amide bonds. The maximum atomic E-state index is 10.6. The molecule has 0 bridgehead atoms. The van der Waals surface area contributed by atoms with Gasteiger partial charge in [0.25, 0.3) is 0 Å². The molecule has 0 aromatic heterocycles. The Hall–Kier alpha value is -1.90. The maximum Gasteiger partial charge on any atom is 0.230 e. The molecule has 30 heavy (non-hydrogen) atoms. The van der Waals surface area contributed by atoms with Crippen molar-refractivity contribution in [2.24, 2.45) is 0 Å². The van der Waals surface area contributed by atoms with Crippen LogP contribution in [0.25, 0.3) is 0 Å². The number of nitrogens with zero attached hydrogens (tertiary/aromatic N) is 1. The Morgan fingerprint density at radius 2 is 2.00 bits per heavy atom. The summed E-state index contributed by atoms with van der Waals surface area (Å²) < 4.78 is 23.9. The molecule has 1 unspecified atom stereocenters. The van der Waals surface area contributed by atoms with E-state index in [1.165, 1.54) is 0 Å². The van der Waals surface area contributed by atoms with Gasteiger partial charge in [0.05, 0.1) is 31.9 Å². The molecule has 1 aromatic carbocycles. The van der Waals surface area contributed by atoms with E-state index in [1.54, 1.807) is 20.3 Å². The predicted octanol–water partition coefficient (Wildman–Crippen LogP) is 5.63. The Kier molecular flexibility index (Phi) is 8.07. The Morgan fingerprint density at radius 1 is 1.30 bits per heavy atom. The fourth-order valence-electron chi connectivity index (χ4n) is 3.43. The Bertz CT molecular complexity index is 772. The Morgan fingerprint density at radius 3 is 2.57 bits per heavy atom. The first-order valence-corrected chi connectivity index (χ1v) is 13.2. The standard InChI is InChI=1S/C22H35NO6Si/c1-22(2,3)30(6,7)29-17(10-8-9-13-23(24)25)14-19-20-16(15-28-19)11-12-18(26-4)21(20)27-5/h9,11-13,17,19H,8,10,14-15H2,1-7H3/b13-9+/t17-,19?/m1/s1. The van der Waals surface area contributed by atoms with Crippen molar-refractivity contribution in [2.75, 3.05) is 14.2 Å². The van der Waals surface area contributed by atoms with Crippen molar-refractivity contribution in [3.63, 3.8) is 0 Å². The van der Waals surface area contributed by atoms with Crippen molar-refractivity contribution in [3.05, 3.63) is 45.6 Å². The van der Waals surface area contributed by atoms with Crippen LogP contribution in [0.1, 0.15) is 57.3 Å². The van der Waals surface area contributed by atoms with Crippen molar-refractivity contribution in [3.8, 4) is 11.5 Å². The van der Waals surface area contributed by atoms with Gasteiger partial charge in [0.15, 0.2) is 19.8 Å². The molecule has 1 aromatic rings. The highest BCUT2D eigenvalue weighted by atomic mass is 28.4. The average Bonchev–Trinajstić information content (AvgIpc) is 3.05. The van der Waals surface area contributed by atoms with Crippen molar-refractivity contribution >= 4 is 8.32 Å². The number of allylic oxidation sites excluding steroid dienone is 1. The van der Waals surface area contributed by atoms with E-state index in [4.69, 9.17) is 18.6 Å². The molecule has 2 rings (SSSR count). The highest BCUT2D eigenvalue weighted by Crippen LogP contribution is 2.46. The van der Waals surface area contributed by atoms with Crippen LogP contribution in [0, 0.1) is 10.1 Å². The minimum absolute atomic E-state index is 0.0667. The third-order valence-electron chi connectivity index (χ3n) is 6.06. The van der Waals surface area contributed by atoms with Gasteiger partial charge < -0.3 is 18.6 Å². The lowest BCUT2D eigenvalue weighted by atomic mass is 9.97. The molecule has 1 aliphatic rings. The second-order valence-electron chi connectivity index (χ2n) is 9.16. The van der Waals surface area contributed by atoms with Crippen molar-refractivity contribution in [1.29, 1.82) is 0 Å². The van der Waals surface area contributed by atoms with Gasteiger partial charge in [-0.3, -0.25) is 10.1 Å². The van der Waals surface area contributed by atoms with Gasteiger partial charge in [-0.1, -0.05) is 26.8 Å². The Labute approximate surface area is 180 Å². The SMILES string of the molecule is COc1ccc2c(c1OC)C(C[C@@H](CC/C=C/[N+](=O)[O-])O[Si](C)(C)C(C)(C)C)OC2. The van der Waals surface area contributed by atoms with E-state index in [-0.39, 0.29) is 17.2 Å². The number of benzene rings is 1. The van der Waals surface area contributed by atoms with Gasteiger partial charge >= 0.3 is 0 Å². The van der Waals surface area contributed by atoms with Crippen LogP contribution in [0.4, 0.5) is 0 Å². The number of methoxy groups -OCH3 is 2. The number of rotatable bonds is 10. The van der Waals surface area contributed by atoms with Gasteiger partial charge in [-0.15, -0.1) is 0 Å². The lowest BCUT2D eigenvalue weighted by Crippen LogP contribution is -2.44. The zero-order valence-electron chi connectivity index (χ0n) is 19.2. The molecule has 1 aliphatic heterocycles. The molecule has 0 saturated heterocycles. The monoisotopic (exact) mass is 437 g/mol. The summed E-state index contributed by atoms with van der Waals surface area (Å²) in [5.41, 5.74) is 2.11. The molecule has 0 spiro atoms. The fourth-order valence-corrected chi connectivity index (χ4v) is 4.83. The molecular formula is C22H35NO6Si. The molecule has 7 nitrogen and oxygen atoms in total. The van der Waals surface area contributed by atoms with Crippen LogP contribution in [0.5, 0.6) is 11.5 Å². The number of ether oxygens (including phenoxy) is 3. The maximum absolute atomic E-state index is 10.6. The molecule has 0 fully saturated rings. The molecule has 1 heterocycles. The quantitative estimate of drug-likeness (QED) is 0.268. The average molecular weight is 438 g/mol. The molecule has 0 N–H and O–H groups in total. The molecule has 0 aliphatic carbocycles. The molecule has 0 radical (unpaired) electrons. The fraction of sp³-hybridized carbons (Fsp3) is 0.636. The third-order valence-corrected chi connectivity index (χ3v) is 10.6. The summed E-state index contributed by atoms with van der Waals surface area (Å²) in [4.78, 5) is 10.2. The molecule has 0 saturated carbocycles. The van der Waals surface area contributed by atoms with E-state index < -0.39 is 13.2 Å². The van der Waals surface area contributed by atoms with Gasteiger partial charge in [-0.25, -0.2) is 0 Å². The van der Waals surface area contributed by atoms with Gasteiger partial charge in [0.2, 0.25) is 6.20 Å². The first-order chi connectivity index (χ1) is 14.0. The minimum atomic E-state index is -2.02. The van der Waals surface area contributed by atoms with Crippen molar-refractivity contribution in [1.82, 2.24) is 0 Å². The highest BCUT2D eigenvalue weighted by molar-refractivity contribution is 6.74. The number of fused-ring (bicyclic) bond motifs is 1. The first-order valence-electron chi connectivity index (χ1n) is 10.3. The summed E-state index contributed by atoms with van der Waals surface area (Å²) in [6.45, 7) is 11.6. The smallest absolute Gasteiger partial charge is 0.230 e. The van der Waals surface area contributed by atoms with E-state index in [0.29, 0.717) is 37.4 Å². The second-order valence-corrected chi connectivity index (χ2v) is 13.9. The van der Waals surface area contributed by atoms with Crippen LogP contribution >= 0.6 is 0 Å². The minimum Gasteiger partial charge on any atom is -0.493 e. The van der Waals surface area contributed by atoms with Crippen molar-refractivity contribution in [2.45, 2.75) is 77.0 Å². The number of hydrogen-bond acceptors (Lipinski definition) is 6. The topological polar surface area (TPSA) is 80.1 Å². The third kappa shape index (κ3) is 5.83. The zero-order chi connectivity index (χ0) is 22.5. The van der Waals surface area contributed by atoms with Crippen LogP contribution in [-0.2, 0) is 15.8 Å². The summed E-state index contributed by atoms with van der Waals surface area (Å²) in [5.74, 6) is 1.39. The van der Waals surface area contributed by atoms with E-state index in [0.717, 1.165) is 17.3 Å². The molecular weight excluding hydrogens is 402 g/mol. The summed E-state index contributed by atoms with van der Waals surface area (Å²) in [7, 11) is 1.24. The molecule has 168 valence electrons. The molecule has 8 heteroatoms. The van der Waals surface area contributed by atoms with Gasteiger partial charge in [-0.05, 0) is 48.7 Å². The van der Waals surface area contributed by atoms with Gasteiger partial charge in [0.1, 0.15) is 0 Å². The number of nitro groups is 1. The summed E-state index contributed by atoms with van der Waals surface area (Å²) in [6.07, 6.45) is 4.28. The second kappa shape index (κ2) is 9.94. The van der Waals surface area contributed by atoms with E-state index in [9.17, 15) is 10.1 Å². The van der Waals surface area contributed by atoms with E-state index in [2.05, 4.69) is 33.9 Å². The largest absolute Gasteiger partial charge is 0.493 e. The summed E-state index contributed by atoms with van der Waals surface area (Å²) in [5, 5.41) is 10.7. The van der Waals surface area contributed by atoms with Crippen LogP contribution in [0.15, 0.2) is 24.4 Å². The number of hydrogen-bond donors (Lipinski definition) is 0. The van der Waals surface area contributed by atoms with Gasteiger partial charge in [-0.2, -0.15) is 0 Å².